The van der Waals surface area contributed by atoms with Crippen molar-refractivity contribution in [2.24, 2.45) is 0 Å². The summed E-state index contributed by atoms with van der Waals surface area (Å²) in [7, 11) is 0. The van der Waals surface area contributed by atoms with Crippen molar-refractivity contribution in [2.75, 3.05) is 38.2 Å². The summed E-state index contributed by atoms with van der Waals surface area (Å²) < 4.78 is 6.01. The van der Waals surface area contributed by atoms with Crippen LogP contribution in [0.4, 0.5) is 11.4 Å². The van der Waals surface area contributed by atoms with Gasteiger partial charge in [-0.15, -0.1) is 0 Å². The van der Waals surface area contributed by atoms with Crippen LogP contribution in [0.3, 0.4) is 0 Å². The van der Waals surface area contributed by atoms with Crippen LogP contribution in [0, 0.1) is 10.1 Å². The third-order valence-electron chi connectivity index (χ3n) is 3.19. The highest BCUT2D eigenvalue weighted by atomic mass is 79.9. The van der Waals surface area contributed by atoms with Crippen LogP contribution in [-0.2, 0) is 4.74 Å². The quantitative estimate of drug-likeness (QED) is 0.657. The summed E-state index contributed by atoms with van der Waals surface area (Å²) in [4.78, 5) is 13.0. The molecule has 1 fully saturated rings. The fourth-order valence-corrected chi connectivity index (χ4v) is 2.61. The Kier molecular flexibility index (Phi) is 5.33. The Morgan fingerprint density at radius 2 is 2.20 bits per heavy atom. The van der Waals surface area contributed by atoms with Crippen LogP contribution in [0.5, 0.6) is 0 Å². The molecule has 1 aromatic rings. The normalized spacial score (nSPS) is 17.7. The largest absolute Gasteiger partial charge is 0.379 e. The maximum absolute atomic E-state index is 11.1. The minimum atomic E-state index is -0.367. The first-order chi connectivity index (χ1) is 9.56. The van der Waals surface area contributed by atoms with Gasteiger partial charge in [0.2, 0.25) is 0 Å². The van der Waals surface area contributed by atoms with E-state index in [-0.39, 0.29) is 16.7 Å². The Hall–Kier alpha value is -1.18. The number of nitrogens with one attached hydrogen (secondary N) is 1. The molecule has 0 amide bonds. The standard InChI is InChI=1S/C13H18BrN3O3/c1-10(9-16-4-6-20-7-5-16)15-12-3-2-11(14)8-13(12)17(18)19/h2-3,8,10,15H,4-7,9H2,1H3/t10-/m1/s1. The number of nitro benzene ring substituents is 1. The lowest BCUT2D eigenvalue weighted by Gasteiger charge is -2.29. The Morgan fingerprint density at radius 1 is 1.50 bits per heavy atom. The van der Waals surface area contributed by atoms with Gasteiger partial charge in [-0.25, -0.2) is 0 Å². The molecule has 0 bridgehead atoms. The van der Waals surface area contributed by atoms with Gasteiger partial charge in [0.25, 0.3) is 5.69 Å². The number of nitro groups is 1. The maximum atomic E-state index is 11.1. The Labute approximate surface area is 126 Å². The zero-order valence-electron chi connectivity index (χ0n) is 11.3. The summed E-state index contributed by atoms with van der Waals surface area (Å²) in [6.45, 7) is 6.21. The van der Waals surface area contributed by atoms with E-state index in [1.54, 1.807) is 12.1 Å². The molecule has 1 aliphatic heterocycles. The maximum Gasteiger partial charge on any atom is 0.293 e. The highest BCUT2D eigenvalue weighted by Gasteiger charge is 2.18. The van der Waals surface area contributed by atoms with Crippen molar-refractivity contribution < 1.29 is 9.66 Å². The minimum absolute atomic E-state index is 0.0909. The molecule has 0 aliphatic carbocycles. The van der Waals surface area contributed by atoms with E-state index >= 15 is 0 Å². The second kappa shape index (κ2) is 7.01. The fraction of sp³-hybridized carbons (Fsp3) is 0.538. The molecule has 6 nitrogen and oxygen atoms in total. The molecule has 1 saturated heterocycles. The van der Waals surface area contributed by atoms with Crippen molar-refractivity contribution in [1.82, 2.24) is 4.90 Å². The average molecular weight is 344 g/mol. The van der Waals surface area contributed by atoms with E-state index in [4.69, 9.17) is 4.74 Å². The van der Waals surface area contributed by atoms with Gasteiger partial charge in [0.05, 0.1) is 18.1 Å². The molecule has 1 N–H and O–H groups in total. The van der Waals surface area contributed by atoms with Gasteiger partial charge in [0.15, 0.2) is 0 Å². The third-order valence-corrected chi connectivity index (χ3v) is 3.69. The molecule has 1 aromatic carbocycles. The second-order valence-corrected chi connectivity index (χ2v) is 5.79. The van der Waals surface area contributed by atoms with Crippen LogP contribution < -0.4 is 5.32 Å². The summed E-state index contributed by atoms with van der Waals surface area (Å²) in [5.74, 6) is 0. The van der Waals surface area contributed by atoms with Crippen LogP contribution >= 0.6 is 15.9 Å². The summed E-state index contributed by atoms with van der Waals surface area (Å²) >= 11 is 3.26. The van der Waals surface area contributed by atoms with Crippen LogP contribution in [0.25, 0.3) is 0 Å². The summed E-state index contributed by atoms with van der Waals surface area (Å²) in [5, 5.41) is 14.3. The van der Waals surface area contributed by atoms with E-state index in [0.29, 0.717) is 10.2 Å². The molecule has 1 atom stereocenters. The first kappa shape index (κ1) is 15.2. The van der Waals surface area contributed by atoms with Crippen molar-refractivity contribution in [3.05, 3.63) is 32.8 Å². The zero-order valence-corrected chi connectivity index (χ0v) is 12.9. The summed E-state index contributed by atoms with van der Waals surface area (Å²) in [5.41, 5.74) is 0.646. The lowest BCUT2D eigenvalue weighted by atomic mass is 10.2. The Balaban J connectivity index is 1.99. The van der Waals surface area contributed by atoms with Crippen LogP contribution in [-0.4, -0.2) is 48.7 Å². The van der Waals surface area contributed by atoms with Gasteiger partial charge in [0.1, 0.15) is 5.69 Å². The predicted molar refractivity (Wildman–Crippen MR) is 81.1 cm³/mol. The number of anilines is 1. The van der Waals surface area contributed by atoms with Gasteiger partial charge in [-0.05, 0) is 19.1 Å². The molecule has 2 rings (SSSR count). The highest BCUT2D eigenvalue weighted by Crippen LogP contribution is 2.28. The van der Waals surface area contributed by atoms with E-state index in [1.807, 2.05) is 6.92 Å². The number of ether oxygens (including phenoxy) is 1. The molecule has 20 heavy (non-hydrogen) atoms. The molecule has 0 radical (unpaired) electrons. The van der Waals surface area contributed by atoms with Gasteiger partial charge >= 0.3 is 0 Å². The molecule has 1 aliphatic rings. The molecular weight excluding hydrogens is 326 g/mol. The third kappa shape index (κ3) is 4.16. The number of hydrogen-bond acceptors (Lipinski definition) is 5. The molecular formula is C13H18BrN3O3. The molecule has 0 unspecified atom stereocenters. The first-order valence-electron chi connectivity index (χ1n) is 6.57. The number of hydrogen-bond donors (Lipinski definition) is 1. The average Bonchev–Trinajstić information content (AvgIpc) is 2.41. The number of nitrogens with zero attached hydrogens (tertiary/aromatic N) is 2. The Bertz CT molecular complexity index is 478. The Morgan fingerprint density at radius 3 is 2.85 bits per heavy atom. The van der Waals surface area contributed by atoms with Crippen molar-refractivity contribution in [3.63, 3.8) is 0 Å². The van der Waals surface area contributed by atoms with Crippen molar-refractivity contribution in [3.8, 4) is 0 Å². The van der Waals surface area contributed by atoms with Crippen molar-refractivity contribution in [2.45, 2.75) is 13.0 Å². The second-order valence-electron chi connectivity index (χ2n) is 4.88. The van der Waals surface area contributed by atoms with E-state index in [0.717, 1.165) is 32.8 Å². The highest BCUT2D eigenvalue weighted by molar-refractivity contribution is 9.10. The van der Waals surface area contributed by atoms with Crippen LogP contribution in [0.1, 0.15) is 6.92 Å². The molecule has 1 heterocycles. The predicted octanol–water partition coefficient (Wildman–Crippen LogP) is 2.49. The molecule has 7 heteroatoms. The van der Waals surface area contributed by atoms with Gasteiger partial charge in [-0.3, -0.25) is 15.0 Å². The smallest absolute Gasteiger partial charge is 0.293 e. The van der Waals surface area contributed by atoms with E-state index < -0.39 is 0 Å². The monoisotopic (exact) mass is 343 g/mol. The topological polar surface area (TPSA) is 67.6 Å². The molecule has 0 aromatic heterocycles. The molecule has 110 valence electrons. The lowest BCUT2D eigenvalue weighted by molar-refractivity contribution is -0.384. The van der Waals surface area contributed by atoms with Crippen molar-refractivity contribution >= 4 is 27.3 Å². The first-order valence-corrected chi connectivity index (χ1v) is 7.36. The minimum Gasteiger partial charge on any atom is -0.379 e. The van der Waals surface area contributed by atoms with E-state index in [9.17, 15) is 10.1 Å². The fourth-order valence-electron chi connectivity index (χ4n) is 2.26. The lowest BCUT2D eigenvalue weighted by Crippen LogP contribution is -2.42. The van der Waals surface area contributed by atoms with Gasteiger partial charge < -0.3 is 10.1 Å². The summed E-state index contributed by atoms with van der Waals surface area (Å²) in [6, 6.07) is 5.19. The number of rotatable bonds is 5. The number of morpholine rings is 1. The van der Waals surface area contributed by atoms with Gasteiger partial charge in [0, 0.05) is 36.2 Å². The number of halogens is 1. The summed E-state index contributed by atoms with van der Waals surface area (Å²) in [6.07, 6.45) is 0. The van der Waals surface area contributed by atoms with Gasteiger partial charge in [-0.2, -0.15) is 0 Å². The molecule has 0 spiro atoms. The van der Waals surface area contributed by atoms with Gasteiger partial charge in [-0.1, -0.05) is 15.9 Å². The van der Waals surface area contributed by atoms with Crippen LogP contribution in [0.2, 0.25) is 0 Å². The SMILES string of the molecule is C[C@H](CN1CCOCC1)Nc1ccc(Br)cc1[N+](=O)[O-]. The van der Waals surface area contributed by atoms with Crippen LogP contribution in [0.15, 0.2) is 22.7 Å². The van der Waals surface area contributed by atoms with E-state index in [1.165, 1.54) is 6.07 Å². The zero-order chi connectivity index (χ0) is 14.5. The number of benzene rings is 1. The van der Waals surface area contributed by atoms with Crippen molar-refractivity contribution in [1.29, 1.82) is 0 Å². The molecule has 0 saturated carbocycles. The van der Waals surface area contributed by atoms with E-state index in [2.05, 4.69) is 26.1 Å².